The van der Waals surface area contributed by atoms with Crippen LogP contribution in [0.2, 0.25) is 0 Å². The maximum absolute atomic E-state index is 12.8. The summed E-state index contributed by atoms with van der Waals surface area (Å²) in [6, 6.07) is 22.2. The third kappa shape index (κ3) is 5.32. The number of benzene rings is 3. The molecule has 0 aliphatic carbocycles. The molecule has 0 atom stereocenters. The molecule has 1 fully saturated rings. The molecule has 0 spiro atoms. The van der Waals surface area contributed by atoms with E-state index >= 15 is 0 Å². The van der Waals surface area contributed by atoms with Crippen LogP contribution in [0, 0.1) is 13.8 Å². The van der Waals surface area contributed by atoms with Gasteiger partial charge in [-0.2, -0.15) is 0 Å². The summed E-state index contributed by atoms with van der Waals surface area (Å²) in [5.41, 5.74) is 3.37. The zero-order valence-corrected chi connectivity index (χ0v) is 19.0. The number of carbonyl (C=O) groups excluding carboxylic acids is 3. The molecule has 7 heteroatoms. The third-order valence-electron chi connectivity index (χ3n) is 5.19. The van der Waals surface area contributed by atoms with Crippen LogP contribution in [-0.2, 0) is 9.59 Å². The van der Waals surface area contributed by atoms with E-state index in [0.29, 0.717) is 22.7 Å². The van der Waals surface area contributed by atoms with Gasteiger partial charge in [0.25, 0.3) is 11.1 Å². The molecule has 33 heavy (non-hydrogen) atoms. The molecular formula is C26H22N2O4S. The zero-order valence-electron chi connectivity index (χ0n) is 18.2. The van der Waals surface area contributed by atoms with E-state index in [1.54, 1.807) is 18.2 Å². The number of rotatable bonds is 6. The van der Waals surface area contributed by atoms with Crippen LogP contribution in [0.25, 0.3) is 6.08 Å². The number of nitrogens with zero attached hydrogens (tertiary/aromatic N) is 1. The minimum Gasteiger partial charge on any atom is -0.457 e. The highest BCUT2D eigenvalue weighted by Crippen LogP contribution is 2.33. The van der Waals surface area contributed by atoms with Crippen molar-refractivity contribution in [1.82, 2.24) is 4.90 Å². The molecular weight excluding hydrogens is 436 g/mol. The summed E-state index contributed by atoms with van der Waals surface area (Å²) in [7, 11) is 0. The minimum atomic E-state index is -0.490. The lowest BCUT2D eigenvalue weighted by Crippen LogP contribution is -2.36. The number of aryl methyl sites for hydroxylation is 1. The largest absolute Gasteiger partial charge is 0.457 e. The van der Waals surface area contributed by atoms with Crippen LogP contribution in [0.15, 0.2) is 77.7 Å². The Kier molecular flexibility index (Phi) is 6.60. The summed E-state index contributed by atoms with van der Waals surface area (Å²) in [5, 5.41) is 2.31. The Labute approximate surface area is 196 Å². The van der Waals surface area contributed by atoms with Crippen molar-refractivity contribution in [2.24, 2.45) is 0 Å². The molecule has 3 aromatic rings. The number of hydrogen-bond acceptors (Lipinski definition) is 5. The number of anilines is 1. The Hall–Kier alpha value is -3.84. The molecule has 0 unspecified atom stereocenters. The van der Waals surface area contributed by atoms with E-state index in [4.69, 9.17) is 4.74 Å². The van der Waals surface area contributed by atoms with Crippen molar-refractivity contribution >= 4 is 40.6 Å². The third-order valence-corrected chi connectivity index (χ3v) is 6.10. The van der Waals surface area contributed by atoms with E-state index in [0.717, 1.165) is 27.8 Å². The van der Waals surface area contributed by atoms with E-state index in [-0.39, 0.29) is 11.4 Å². The molecule has 1 aliphatic rings. The summed E-state index contributed by atoms with van der Waals surface area (Å²) in [6.07, 6.45) is 1.63. The Morgan fingerprint density at radius 3 is 2.48 bits per heavy atom. The summed E-state index contributed by atoms with van der Waals surface area (Å²) < 4.78 is 5.83. The number of hydrogen-bond donors (Lipinski definition) is 1. The first kappa shape index (κ1) is 22.4. The van der Waals surface area contributed by atoms with Gasteiger partial charge in [0, 0.05) is 5.69 Å². The molecule has 1 heterocycles. The molecule has 0 saturated carbocycles. The molecule has 1 saturated heterocycles. The van der Waals surface area contributed by atoms with Gasteiger partial charge >= 0.3 is 0 Å². The van der Waals surface area contributed by atoms with Crippen LogP contribution in [0.4, 0.5) is 10.5 Å². The van der Waals surface area contributed by atoms with Crippen LogP contribution in [0.1, 0.15) is 16.7 Å². The van der Waals surface area contributed by atoms with Crippen LogP contribution in [-0.4, -0.2) is 28.5 Å². The SMILES string of the molecule is Cc1cccc(NC(=O)CN2C(=O)S/C(=C/c3cccc(Oc4ccccc4)c3)C2=O)c1C. The monoisotopic (exact) mass is 458 g/mol. The molecule has 3 aromatic carbocycles. The summed E-state index contributed by atoms with van der Waals surface area (Å²) >= 11 is 0.818. The predicted molar refractivity (Wildman–Crippen MR) is 130 cm³/mol. The molecule has 166 valence electrons. The fourth-order valence-electron chi connectivity index (χ4n) is 3.30. The molecule has 0 bridgehead atoms. The highest BCUT2D eigenvalue weighted by Gasteiger charge is 2.36. The molecule has 3 amide bonds. The summed E-state index contributed by atoms with van der Waals surface area (Å²) in [4.78, 5) is 39.0. The molecule has 1 aliphatic heterocycles. The smallest absolute Gasteiger partial charge is 0.294 e. The van der Waals surface area contributed by atoms with Crippen molar-refractivity contribution in [3.63, 3.8) is 0 Å². The van der Waals surface area contributed by atoms with Gasteiger partial charge in [-0.05, 0) is 78.7 Å². The van der Waals surface area contributed by atoms with Crippen molar-refractivity contribution in [2.45, 2.75) is 13.8 Å². The van der Waals surface area contributed by atoms with Gasteiger partial charge in [-0.25, -0.2) is 0 Å². The number of carbonyl (C=O) groups is 3. The maximum atomic E-state index is 12.8. The molecule has 0 radical (unpaired) electrons. The number of ether oxygens (including phenoxy) is 1. The predicted octanol–water partition coefficient (Wildman–Crippen LogP) is 5.77. The minimum absolute atomic E-state index is 0.261. The standard InChI is InChI=1S/C26H22N2O4S/c1-17-8-6-13-22(18(17)2)27-24(29)16-28-25(30)23(33-26(28)31)15-19-9-7-12-21(14-19)32-20-10-4-3-5-11-20/h3-15H,16H2,1-2H3,(H,27,29)/b23-15+. The fraction of sp³-hybridized carbons (Fsp3) is 0.115. The Bertz CT molecular complexity index is 1250. The first-order valence-corrected chi connectivity index (χ1v) is 11.2. The molecule has 6 nitrogen and oxygen atoms in total. The van der Waals surface area contributed by atoms with Crippen LogP contribution in [0.5, 0.6) is 11.5 Å². The Balaban J connectivity index is 1.45. The average molecular weight is 459 g/mol. The van der Waals surface area contributed by atoms with Gasteiger partial charge in [0.1, 0.15) is 18.0 Å². The van der Waals surface area contributed by atoms with Crippen molar-refractivity contribution in [2.75, 3.05) is 11.9 Å². The number of amides is 3. The molecule has 4 rings (SSSR count). The van der Waals surface area contributed by atoms with Gasteiger partial charge in [0.05, 0.1) is 4.91 Å². The van der Waals surface area contributed by atoms with Crippen molar-refractivity contribution in [3.05, 3.63) is 94.4 Å². The summed E-state index contributed by atoms with van der Waals surface area (Å²) in [6.45, 7) is 3.52. The van der Waals surface area contributed by atoms with Gasteiger partial charge in [0.15, 0.2) is 0 Å². The summed E-state index contributed by atoms with van der Waals surface area (Å²) in [5.74, 6) is 0.396. The molecule has 1 N–H and O–H groups in total. The number of imide groups is 1. The first-order valence-electron chi connectivity index (χ1n) is 10.3. The van der Waals surface area contributed by atoms with Crippen molar-refractivity contribution in [1.29, 1.82) is 0 Å². The highest BCUT2D eigenvalue weighted by atomic mass is 32.2. The first-order chi connectivity index (χ1) is 15.9. The topological polar surface area (TPSA) is 75.7 Å². The van der Waals surface area contributed by atoms with Crippen LogP contribution < -0.4 is 10.1 Å². The number of nitrogens with one attached hydrogen (secondary N) is 1. The average Bonchev–Trinajstić information content (AvgIpc) is 3.05. The van der Waals surface area contributed by atoms with Crippen molar-refractivity contribution in [3.8, 4) is 11.5 Å². The molecule has 0 aromatic heterocycles. The lowest BCUT2D eigenvalue weighted by molar-refractivity contribution is -0.127. The Morgan fingerprint density at radius 1 is 0.970 bits per heavy atom. The maximum Gasteiger partial charge on any atom is 0.294 e. The van der Waals surface area contributed by atoms with Gasteiger partial charge in [-0.1, -0.05) is 42.5 Å². The van der Waals surface area contributed by atoms with Crippen molar-refractivity contribution < 1.29 is 19.1 Å². The van der Waals surface area contributed by atoms with Crippen LogP contribution >= 0.6 is 11.8 Å². The van der Waals surface area contributed by atoms with Gasteiger partial charge in [-0.3, -0.25) is 19.3 Å². The van der Waals surface area contributed by atoms with E-state index in [9.17, 15) is 14.4 Å². The second-order valence-corrected chi connectivity index (χ2v) is 8.54. The second-order valence-electron chi connectivity index (χ2n) is 7.55. The highest BCUT2D eigenvalue weighted by molar-refractivity contribution is 8.18. The van der Waals surface area contributed by atoms with Gasteiger partial charge in [-0.15, -0.1) is 0 Å². The van der Waals surface area contributed by atoms with E-state index < -0.39 is 17.1 Å². The fourth-order valence-corrected chi connectivity index (χ4v) is 4.14. The zero-order chi connectivity index (χ0) is 23.4. The van der Waals surface area contributed by atoms with E-state index in [2.05, 4.69) is 5.32 Å². The number of thioether (sulfide) groups is 1. The van der Waals surface area contributed by atoms with E-state index in [1.165, 1.54) is 0 Å². The normalized spacial score (nSPS) is 14.6. The van der Waals surface area contributed by atoms with Gasteiger partial charge < -0.3 is 10.1 Å². The van der Waals surface area contributed by atoms with Gasteiger partial charge in [0.2, 0.25) is 5.91 Å². The Morgan fingerprint density at radius 2 is 1.70 bits per heavy atom. The van der Waals surface area contributed by atoms with Crippen LogP contribution in [0.3, 0.4) is 0 Å². The van der Waals surface area contributed by atoms with E-state index in [1.807, 2.05) is 74.5 Å². The number of para-hydroxylation sites is 1. The lowest BCUT2D eigenvalue weighted by atomic mass is 10.1. The quantitative estimate of drug-likeness (QED) is 0.475. The second kappa shape index (κ2) is 9.75. The lowest BCUT2D eigenvalue weighted by Gasteiger charge is -2.14.